The summed E-state index contributed by atoms with van der Waals surface area (Å²) >= 11 is 1.66. The predicted molar refractivity (Wildman–Crippen MR) is 74.9 cm³/mol. The van der Waals surface area contributed by atoms with Crippen molar-refractivity contribution in [3.8, 4) is 0 Å². The van der Waals surface area contributed by atoms with Crippen LogP contribution in [0, 0.1) is 5.92 Å². The molecule has 1 saturated carbocycles. The summed E-state index contributed by atoms with van der Waals surface area (Å²) in [6.45, 7) is 0. The first kappa shape index (κ1) is 13.7. The molecular formula is C12H18N2O2S2. The lowest BCUT2D eigenvalue weighted by atomic mass is 10.1. The third-order valence-corrected chi connectivity index (χ3v) is 5.29. The molecule has 0 aromatic heterocycles. The van der Waals surface area contributed by atoms with Crippen molar-refractivity contribution in [3.05, 3.63) is 18.2 Å². The van der Waals surface area contributed by atoms with Crippen molar-refractivity contribution in [2.45, 2.75) is 35.5 Å². The molecule has 0 spiro atoms. The third-order valence-electron chi connectivity index (χ3n) is 3.19. The molecule has 0 heterocycles. The summed E-state index contributed by atoms with van der Waals surface area (Å²) in [5.74, 6) is 1.77. The molecule has 4 nitrogen and oxygen atoms in total. The van der Waals surface area contributed by atoms with Gasteiger partial charge in [0.15, 0.2) is 0 Å². The second-order valence-corrected chi connectivity index (χ2v) is 7.40. The largest absolute Gasteiger partial charge is 0.399 e. The number of sulfonamides is 1. The molecule has 0 aliphatic heterocycles. The van der Waals surface area contributed by atoms with Crippen LogP contribution in [0.4, 0.5) is 5.69 Å². The van der Waals surface area contributed by atoms with Crippen molar-refractivity contribution in [1.82, 2.24) is 0 Å². The number of hydrogen-bond acceptors (Lipinski definition) is 4. The van der Waals surface area contributed by atoms with E-state index < -0.39 is 10.0 Å². The Morgan fingerprint density at radius 2 is 1.89 bits per heavy atom. The van der Waals surface area contributed by atoms with Crippen LogP contribution in [0.1, 0.15) is 25.7 Å². The van der Waals surface area contributed by atoms with E-state index in [0.717, 1.165) is 16.6 Å². The SMILES string of the molecule is Nc1cc(SCC2CCCC2)cc(S(N)(=O)=O)c1. The lowest BCUT2D eigenvalue weighted by molar-refractivity contribution is 0.597. The average Bonchev–Trinajstić information content (AvgIpc) is 2.77. The van der Waals surface area contributed by atoms with E-state index in [1.165, 1.54) is 31.7 Å². The number of primary sulfonamides is 1. The molecule has 18 heavy (non-hydrogen) atoms. The fourth-order valence-electron chi connectivity index (χ4n) is 2.23. The molecule has 0 radical (unpaired) electrons. The maximum Gasteiger partial charge on any atom is 0.238 e. The highest BCUT2D eigenvalue weighted by Crippen LogP contribution is 2.32. The molecule has 6 heteroatoms. The first-order chi connectivity index (χ1) is 8.45. The summed E-state index contributed by atoms with van der Waals surface area (Å²) in [7, 11) is -3.68. The normalized spacial score (nSPS) is 17.2. The zero-order valence-corrected chi connectivity index (χ0v) is 11.8. The molecule has 0 unspecified atom stereocenters. The van der Waals surface area contributed by atoms with Crippen LogP contribution in [0.2, 0.25) is 0 Å². The van der Waals surface area contributed by atoms with Crippen LogP contribution in [0.5, 0.6) is 0 Å². The zero-order chi connectivity index (χ0) is 13.2. The number of rotatable bonds is 4. The molecule has 1 aromatic rings. The molecule has 4 N–H and O–H groups in total. The maximum absolute atomic E-state index is 11.3. The standard InChI is InChI=1S/C12H18N2O2S2/c13-10-5-11(7-12(6-10)18(14,15)16)17-8-9-3-1-2-4-9/h5-7,9H,1-4,8,13H2,(H2,14,15,16). The third kappa shape index (κ3) is 3.63. The number of anilines is 1. The van der Waals surface area contributed by atoms with Crippen LogP contribution in [0.25, 0.3) is 0 Å². The van der Waals surface area contributed by atoms with Gasteiger partial charge in [0, 0.05) is 16.3 Å². The summed E-state index contributed by atoms with van der Waals surface area (Å²) in [6, 6.07) is 4.80. The maximum atomic E-state index is 11.3. The molecule has 0 amide bonds. The van der Waals surface area contributed by atoms with Crippen molar-refractivity contribution in [3.63, 3.8) is 0 Å². The molecule has 0 atom stereocenters. The monoisotopic (exact) mass is 286 g/mol. The van der Waals surface area contributed by atoms with Gasteiger partial charge in [0.25, 0.3) is 0 Å². The number of benzene rings is 1. The molecule has 1 aliphatic carbocycles. The van der Waals surface area contributed by atoms with Crippen LogP contribution in [-0.4, -0.2) is 14.2 Å². The average molecular weight is 286 g/mol. The Balaban J connectivity index is 2.10. The van der Waals surface area contributed by atoms with Crippen molar-refractivity contribution < 1.29 is 8.42 Å². The molecule has 0 saturated heterocycles. The fourth-order valence-corrected chi connectivity index (χ4v) is 4.09. The molecule has 1 aromatic carbocycles. The highest BCUT2D eigenvalue weighted by atomic mass is 32.2. The Hall–Kier alpha value is -0.720. The van der Waals surface area contributed by atoms with Crippen molar-refractivity contribution in [1.29, 1.82) is 0 Å². The Kier molecular flexibility index (Phi) is 4.19. The van der Waals surface area contributed by atoms with E-state index >= 15 is 0 Å². The lowest BCUT2D eigenvalue weighted by Crippen LogP contribution is -2.12. The van der Waals surface area contributed by atoms with Gasteiger partial charge in [-0.3, -0.25) is 0 Å². The van der Waals surface area contributed by atoms with Crippen LogP contribution in [0.3, 0.4) is 0 Å². The number of nitrogen functional groups attached to an aromatic ring is 1. The molecule has 1 aliphatic rings. The Bertz CT molecular complexity index is 523. The zero-order valence-electron chi connectivity index (χ0n) is 10.1. The van der Waals surface area contributed by atoms with Gasteiger partial charge in [0.2, 0.25) is 10.0 Å². The summed E-state index contributed by atoms with van der Waals surface area (Å²) in [5.41, 5.74) is 6.15. The number of hydrogen-bond donors (Lipinski definition) is 2. The lowest BCUT2D eigenvalue weighted by Gasteiger charge is -2.09. The minimum absolute atomic E-state index is 0.0939. The van der Waals surface area contributed by atoms with Gasteiger partial charge in [-0.2, -0.15) is 0 Å². The minimum Gasteiger partial charge on any atom is -0.399 e. The first-order valence-corrected chi connectivity index (χ1v) is 8.54. The van der Waals surface area contributed by atoms with Gasteiger partial charge in [-0.05, 0) is 37.0 Å². The molecule has 1 fully saturated rings. The van der Waals surface area contributed by atoms with Crippen molar-refractivity contribution >= 4 is 27.5 Å². The smallest absolute Gasteiger partial charge is 0.238 e. The molecular weight excluding hydrogens is 268 g/mol. The van der Waals surface area contributed by atoms with E-state index in [-0.39, 0.29) is 4.90 Å². The van der Waals surface area contributed by atoms with Gasteiger partial charge in [-0.25, -0.2) is 13.6 Å². The van der Waals surface area contributed by atoms with Crippen molar-refractivity contribution in [2.24, 2.45) is 11.1 Å². The quantitative estimate of drug-likeness (QED) is 0.656. The molecule has 100 valence electrons. The van der Waals surface area contributed by atoms with E-state index in [2.05, 4.69) is 0 Å². The Labute approximate surface area is 112 Å². The topological polar surface area (TPSA) is 86.2 Å². The van der Waals surface area contributed by atoms with Gasteiger partial charge in [-0.15, -0.1) is 11.8 Å². The summed E-state index contributed by atoms with van der Waals surface area (Å²) < 4.78 is 22.6. The van der Waals surface area contributed by atoms with Gasteiger partial charge in [0.1, 0.15) is 0 Å². The van der Waals surface area contributed by atoms with E-state index in [0.29, 0.717) is 5.69 Å². The summed E-state index contributed by atoms with van der Waals surface area (Å²) in [6.07, 6.45) is 5.17. The predicted octanol–water partition coefficient (Wildman–Crippen LogP) is 2.20. The Morgan fingerprint density at radius 3 is 2.50 bits per heavy atom. The van der Waals surface area contributed by atoms with Gasteiger partial charge >= 0.3 is 0 Å². The van der Waals surface area contributed by atoms with Crippen molar-refractivity contribution in [2.75, 3.05) is 11.5 Å². The van der Waals surface area contributed by atoms with Gasteiger partial charge in [-0.1, -0.05) is 12.8 Å². The van der Waals surface area contributed by atoms with Crippen LogP contribution in [-0.2, 0) is 10.0 Å². The fraction of sp³-hybridized carbons (Fsp3) is 0.500. The molecule has 2 rings (SSSR count). The second-order valence-electron chi connectivity index (χ2n) is 4.74. The van der Waals surface area contributed by atoms with E-state index in [1.807, 2.05) is 0 Å². The summed E-state index contributed by atoms with van der Waals surface area (Å²) in [4.78, 5) is 0.974. The van der Waals surface area contributed by atoms with Gasteiger partial charge < -0.3 is 5.73 Å². The highest BCUT2D eigenvalue weighted by Gasteiger charge is 2.16. The minimum atomic E-state index is -3.68. The first-order valence-electron chi connectivity index (χ1n) is 6.01. The van der Waals surface area contributed by atoms with Gasteiger partial charge in [0.05, 0.1) is 4.90 Å². The van der Waals surface area contributed by atoms with Crippen LogP contribution in [0.15, 0.2) is 28.0 Å². The highest BCUT2D eigenvalue weighted by molar-refractivity contribution is 7.99. The summed E-state index contributed by atoms with van der Waals surface area (Å²) in [5, 5.41) is 5.12. The molecule has 0 bridgehead atoms. The van der Waals surface area contributed by atoms with E-state index in [9.17, 15) is 8.42 Å². The van der Waals surface area contributed by atoms with Crippen LogP contribution < -0.4 is 10.9 Å². The van der Waals surface area contributed by atoms with E-state index in [4.69, 9.17) is 10.9 Å². The number of nitrogens with two attached hydrogens (primary N) is 2. The second kappa shape index (κ2) is 5.50. The Morgan fingerprint density at radius 1 is 1.22 bits per heavy atom. The number of thioether (sulfide) groups is 1. The van der Waals surface area contributed by atoms with E-state index in [1.54, 1.807) is 23.9 Å². The van der Waals surface area contributed by atoms with Crippen LogP contribution >= 0.6 is 11.8 Å².